The summed E-state index contributed by atoms with van der Waals surface area (Å²) in [6.07, 6.45) is 24.9. The molecule has 0 N–H and O–H groups in total. The lowest BCUT2D eigenvalue weighted by molar-refractivity contribution is 0.529. The normalized spacial score (nSPS) is 11.4. The van der Waals surface area contributed by atoms with E-state index in [4.69, 9.17) is 0 Å². The van der Waals surface area contributed by atoms with Crippen molar-refractivity contribution >= 4 is 45.2 Å². The minimum Gasteiger partial charge on any atom is -0.0710 e. The third kappa shape index (κ3) is 21.5. The standard InChI is InChI=1S/C19H38I2/c1-2-3-4-5-6-7-8-9-10-11-12-13-14-15-16-17-18-19(20)21/h19H,2-18H2,1H3. The number of halogens is 2. The number of unbranched alkanes of at least 4 members (excludes halogenated alkanes) is 15. The van der Waals surface area contributed by atoms with Crippen LogP contribution < -0.4 is 0 Å². The fourth-order valence-electron chi connectivity index (χ4n) is 2.85. The van der Waals surface area contributed by atoms with Gasteiger partial charge in [-0.1, -0.05) is 155 Å². The molecule has 0 spiro atoms. The molecule has 0 atom stereocenters. The molecule has 0 aliphatic heterocycles. The third-order valence-electron chi connectivity index (χ3n) is 4.28. The number of hydrogen-bond donors (Lipinski definition) is 0. The molecule has 0 fully saturated rings. The molecule has 0 radical (unpaired) electrons. The van der Waals surface area contributed by atoms with E-state index in [-0.39, 0.29) is 0 Å². The topological polar surface area (TPSA) is 0 Å². The molecule has 0 aliphatic rings. The molecule has 0 bridgehead atoms. The highest BCUT2D eigenvalue weighted by Gasteiger charge is 1.97. The van der Waals surface area contributed by atoms with Crippen LogP contribution in [-0.4, -0.2) is 1.93 Å². The van der Waals surface area contributed by atoms with Gasteiger partial charge in [0.15, 0.2) is 0 Å². The van der Waals surface area contributed by atoms with Crippen LogP contribution in [-0.2, 0) is 0 Å². The van der Waals surface area contributed by atoms with Gasteiger partial charge in [-0.2, -0.15) is 0 Å². The quantitative estimate of drug-likeness (QED) is 0.102. The van der Waals surface area contributed by atoms with Gasteiger partial charge in [-0.05, 0) is 6.42 Å². The summed E-state index contributed by atoms with van der Waals surface area (Å²) in [5.41, 5.74) is 0. The van der Waals surface area contributed by atoms with E-state index >= 15 is 0 Å². The van der Waals surface area contributed by atoms with Gasteiger partial charge in [0, 0.05) is 0 Å². The molecule has 2 heteroatoms. The molecule has 0 rings (SSSR count). The summed E-state index contributed by atoms with van der Waals surface area (Å²) in [6.45, 7) is 2.30. The molecule has 0 saturated carbocycles. The first-order valence-electron chi connectivity index (χ1n) is 9.55. The van der Waals surface area contributed by atoms with Gasteiger partial charge in [-0.3, -0.25) is 0 Å². The molecule has 21 heavy (non-hydrogen) atoms. The lowest BCUT2D eigenvalue weighted by atomic mass is 10.0. The Kier molecular flexibility index (Phi) is 20.9. The predicted octanol–water partition coefficient (Wildman–Crippen LogP) is 8.83. The molecule has 0 aromatic rings. The summed E-state index contributed by atoms with van der Waals surface area (Å²) in [6, 6.07) is 0. The monoisotopic (exact) mass is 520 g/mol. The van der Waals surface area contributed by atoms with Crippen molar-refractivity contribution in [3.05, 3.63) is 0 Å². The van der Waals surface area contributed by atoms with Gasteiger partial charge in [0.05, 0.1) is 1.93 Å². The van der Waals surface area contributed by atoms with E-state index < -0.39 is 0 Å². The molecular weight excluding hydrogens is 482 g/mol. The first-order valence-corrected chi connectivity index (χ1v) is 12.0. The zero-order valence-electron chi connectivity index (χ0n) is 14.4. The smallest absolute Gasteiger partial charge is 0.0626 e. The van der Waals surface area contributed by atoms with E-state index in [1.807, 2.05) is 0 Å². The van der Waals surface area contributed by atoms with E-state index in [1.165, 1.54) is 109 Å². The Balaban J connectivity index is 2.93. The summed E-state index contributed by atoms with van der Waals surface area (Å²) < 4.78 is 0.840. The van der Waals surface area contributed by atoms with E-state index in [0.717, 1.165) is 1.93 Å². The second-order valence-corrected chi connectivity index (χ2v) is 11.9. The maximum atomic E-state index is 2.53. The van der Waals surface area contributed by atoms with Crippen LogP contribution in [0.5, 0.6) is 0 Å². The predicted molar refractivity (Wildman–Crippen MR) is 116 cm³/mol. The van der Waals surface area contributed by atoms with Crippen molar-refractivity contribution in [3.8, 4) is 0 Å². The van der Waals surface area contributed by atoms with Gasteiger partial charge in [0.25, 0.3) is 0 Å². The highest BCUT2D eigenvalue weighted by molar-refractivity contribution is 14.2. The van der Waals surface area contributed by atoms with Crippen molar-refractivity contribution in [3.63, 3.8) is 0 Å². The van der Waals surface area contributed by atoms with Crippen LogP contribution in [0.2, 0.25) is 0 Å². The van der Waals surface area contributed by atoms with Crippen molar-refractivity contribution < 1.29 is 0 Å². The van der Waals surface area contributed by atoms with Gasteiger partial charge in [-0.15, -0.1) is 0 Å². The van der Waals surface area contributed by atoms with Crippen LogP contribution in [0.4, 0.5) is 0 Å². The average Bonchev–Trinajstić information content (AvgIpc) is 2.46. The summed E-state index contributed by atoms with van der Waals surface area (Å²) >= 11 is 5.06. The van der Waals surface area contributed by atoms with Crippen LogP contribution in [0.15, 0.2) is 0 Å². The molecule has 0 saturated heterocycles. The zero-order valence-corrected chi connectivity index (χ0v) is 18.7. The Labute approximate surface area is 162 Å². The van der Waals surface area contributed by atoms with Crippen molar-refractivity contribution in [1.82, 2.24) is 0 Å². The van der Waals surface area contributed by atoms with Gasteiger partial charge < -0.3 is 0 Å². The van der Waals surface area contributed by atoms with Crippen LogP contribution in [0.1, 0.15) is 116 Å². The maximum absolute atomic E-state index is 2.53. The Hall–Kier alpha value is 1.46. The lowest BCUT2D eigenvalue weighted by Gasteiger charge is -2.04. The molecule has 0 aromatic carbocycles. The molecule has 0 nitrogen and oxygen atoms in total. The van der Waals surface area contributed by atoms with Crippen LogP contribution in [0.3, 0.4) is 0 Å². The SMILES string of the molecule is CCCCCCCCCCCCCCCCCCC(I)I. The first-order chi connectivity index (χ1) is 10.3. The summed E-state index contributed by atoms with van der Waals surface area (Å²) in [5, 5.41) is 0. The minimum absolute atomic E-state index is 0.840. The Bertz CT molecular complexity index is 180. The highest BCUT2D eigenvalue weighted by Crippen LogP contribution is 2.19. The van der Waals surface area contributed by atoms with Crippen LogP contribution in [0.25, 0.3) is 0 Å². The van der Waals surface area contributed by atoms with E-state index in [0.29, 0.717) is 0 Å². The van der Waals surface area contributed by atoms with Crippen molar-refractivity contribution in [2.75, 3.05) is 0 Å². The van der Waals surface area contributed by atoms with Crippen molar-refractivity contribution in [2.24, 2.45) is 0 Å². The average molecular weight is 520 g/mol. The summed E-state index contributed by atoms with van der Waals surface area (Å²) in [5.74, 6) is 0. The van der Waals surface area contributed by atoms with Gasteiger partial charge >= 0.3 is 0 Å². The molecule has 0 heterocycles. The second kappa shape index (κ2) is 19.5. The zero-order chi connectivity index (χ0) is 15.6. The van der Waals surface area contributed by atoms with Crippen molar-refractivity contribution in [1.29, 1.82) is 0 Å². The Morgan fingerprint density at radius 3 is 1.05 bits per heavy atom. The van der Waals surface area contributed by atoms with Crippen LogP contribution in [0, 0.1) is 0 Å². The number of alkyl halides is 2. The van der Waals surface area contributed by atoms with Crippen molar-refractivity contribution in [2.45, 2.75) is 118 Å². The van der Waals surface area contributed by atoms with Gasteiger partial charge in [0.1, 0.15) is 0 Å². The molecular formula is C19H38I2. The summed E-state index contributed by atoms with van der Waals surface area (Å²) in [7, 11) is 0. The molecule has 0 aliphatic carbocycles. The highest BCUT2D eigenvalue weighted by atomic mass is 127. The summed E-state index contributed by atoms with van der Waals surface area (Å²) in [4.78, 5) is 0. The minimum atomic E-state index is 0.840. The lowest BCUT2D eigenvalue weighted by Crippen LogP contribution is -1.86. The first kappa shape index (κ1) is 22.5. The number of hydrogen-bond acceptors (Lipinski definition) is 0. The van der Waals surface area contributed by atoms with Crippen LogP contribution >= 0.6 is 45.2 Å². The molecule has 0 amide bonds. The third-order valence-corrected chi connectivity index (χ3v) is 5.52. The fourth-order valence-corrected chi connectivity index (χ4v) is 3.73. The second-order valence-electron chi connectivity index (χ2n) is 6.48. The van der Waals surface area contributed by atoms with E-state index in [9.17, 15) is 0 Å². The van der Waals surface area contributed by atoms with Gasteiger partial charge in [-0.25, -0.2) is 0 Å². The number of rotatable bonds is 17. The maximum Gasteiger partial charge on any atom is 0.0626 e. The van der Waals surface area contributed by atoms with Gasteiger partial charge in [0.2, 0.25) is 0 Å². The Morgan fingerprint density at radius 2 is 0.762 bits per heavy atom. The largest absolute Gasteiger partial charge is 0.0710 e. The van der Waals surface area contributed by atoms with E-state index in [2.05, 4.69) is 52.1 Å². The molecule has 0 unspecified atom stereocenters. The Morgan fingerprint density at radius 1 is 0.476 bits per heavy atom. The van der Waals surface area contributed by atoms with E-state index in [1.54, 1.807) is 0 Å². The molecule has 0 aromatic heterocycles. The molecule has 128 valence electrons. The fraction of sp³-hybridized carbons (Fsp3) is 1.00.